The summed E-state index contributed by atoms with van der Waals surface area (Å²) in [5, 5.41) is 1.97. The van der Waals surface area contributed by atoms with Crippen molar-refractivity contribution < 1.29 is 9.59 Å². The van der Waals surface area contributed by atoms with Crippen molar-refractivity contribution in [3.8, 4) is 0 Å². The molecular weight excluding hydrogens is 236 g/mol. The zero-order chi connectivity index (χ0) is 9.84. The Bertz CT molecular complexity index is 352. The fourth-order valence-electron chi connectivity index (χ4n) is 0.825. The largest absolute Gasteiger partial charge is 0.351 e. The molecule has 0 spiro atoms. The highest BCUT2D eigenvalue weighted by Crippen LogP contribution is 2.15. The summed E-state index contributed by atoms with van der Waals surface area (Å²) in [7, 11) is 0. The van der Waals surface area contributed by atoms with E-state index in [1.807, 2.05) is 5.32 Å². The summed E-state index contributed by atoms with van der Waals surface area (Å²) in [4.78, 5) is 21.6. The van der Waals surface area contributed by atoms with Gasteiger partial charge in [0.05, 0.1) is 5.56 Å². The van der Waals surface area contributed by atoms with E-state index < -0.39 is 11.9 Å². The van der Waals surface area contributed by atoms with Gasteiger partial charge in [-0.15, -0.1) is 0 Å². The Balaban J connectivity index is 2.89. The van der Waals surface area contributed by atoms with Crippen molar-refractivity contribution in [3.63, 3.8) is 0 Å². The van der Waals surface area contributed by atoms with Crippen molar-refractivity contribution in [2.45, 2.75) is 0 Å². The first-order chi connectivity index (χ1) is 6.11. The van der Waals surface area contributed by atoms with E-state index >= 15 is 0 Å². The van der Waals surface area contributed by atoms with Crippen molar-refractivity contribution >= 4 is 27.9 Å². The van der Waals surface area contributed by atoms with Gasteiger partial charge in [-0.3, -0.25) is 10.1 Å². The lowest BCUT2D eigenvalue weighted by molar-refractivity contribution is 0.0965. The van der Waals surface area contributed by atoms with Crippen LogP contribution in [0.5, 0.6) is 0 Å². The lowest BCUT2D eigenvalue weighted by Crippen LogP contribution is -2.35. The molecule has 68 valence electrons. The second kappa shape index (κ2) is 4.04. The predicted octanol–water partition coefficient (Wildman–Crippen LogP) is 1.26. The number of hydrogen-bond donors (Lipinski definition) is 2. The first-order valence-electron chi connectivity index (χ1n) is 3.46. The van der Waals surface area contributed by atoms with Gasteiger partial charge in [0.15, 0.2) is 0 Å². The molecule has 1 aromatic rings. The highest BCUT2D eigenvalue weighted by atomic mass is 79.9. The Morgan fingerprint density at radius 1 is 1.31 bits per heavy atom. The van der Waals surface area contributed by atoms with E-state index in [9.17, 15) is 9.59 Å². The number of carbonyl (C=O) groups excluding carboxylic acids is 2. The van der Waals surface area contributed by atoms with Crippen LogP contribution in [0.4, 0.5) is 4.79 Å². The molecule has 0 saturated carbocycles. The highest BCUT2D eigenvalue weighted by molar-refractivity contribution is 9.10. The topological polar surface area (TPSA) is 72.2 Å². The van der Waals surface area contributed by atoms with Crippen molar-refractivity contribution in [2.24, 2.45) is 5.73 Å². The molecule has 13 heavy (non-hydrogen) atoms. The highest BCUT2D eigenvalue weighted by Gasteiger charge is 2.09. The molecule has 0 aliphatic heterocycles. The molecule has 0 unspecified atom stereocenters. The second-order valence-electron chi connectivity index (χ2n) is 2.30. The quantitative estimate of drug-likeness (QED) is 0.779. The van der Waals surface area contributed by atoms with Crippen molar-refractivity contribution in [1.29, 1.82) is 0 Å². The standard InChI is InChI=1S/C8H7BrN2O2/c9-6-4-2-1-3-5(6)7(12)11-8(10)13/h1-4H,(H3,10,11,12,13). The van der Waals surface area contributed by atoms with Crippen LogP contribution in [0, 0.1) is 0 Å². The molecule has 5 heteroatoms. The van der Waals surface area contributed by atoms with Gasteiger partial charge >= 0.3 is 6.03 Å². The van der Waals surface area contributed by atoms with E-state index in [0.717, 1.165) is 0 Å². The maximum Gasteiger partial charge on any atom is 0.319 e. The summed E-state index contributed by atoms with van der Waals surface area (Å²) in [6.07, 6.45) is 0. The molecule has 4 nitrogen and oxygen atoms in total. The van der Waals surface area contributed by atoms with E-state index in [0.29, 0.717) is 10.0 Å². The molecule has 0 radical (unpaired) electrons. The average Bonchev–Trinajstić information content (AvgIpc) is 2.03. The van der Waals surface area contributed by atoms with Crippen LogP contribution in [0.15, 0.2) is 28.7 Å². The molecule has 0 bridgehead atoms. The van der Waals surface area contributed by atoms with E-state index in [1.54, 1.807) is 24.3 Å². The number of rotatable bonds is 1. The SMILES string of the molecule is NC(=O)NC(=O)c1ccccc1Br. The smallest absolute Gasteiger partial charge is 0.319 e. The molecule has 3 N–H and O–H groups in total. The molecule has 0 atom stereocenters. The number of nitrogens with one attached hydrogen (secondary N) is 1. The minimum atomic E-state index is -0.860. The number of carbonyl (C=O) groups is 2. The molecule has 0 heterocycles. The number of benzene rings is 1. The molecule has 0 aliphatic carbocycles. The van der Waals surface area contributed by atoms with Crippen molar-refractivity contribution in [1.82, 2.24) is 5.32 Å². The average molecular weight is 243 g/mol. The Morgan fingerprint density at radius 2 is 1.92 bits per heavy atom. The van der Waals surface area contributed by atoms with Crippen molar-refractivity contribution in [3.05, 3.63) is 34.3 Å². The first kappa shape index (κ1) is 9.73. The fraction of sp³-hybridized carbons (Fsp3) is 0. The van der Waals surface area contributed by atoms with Crippen LogP contribution in [-0.4, -0.2) is 11.9 Å². The molecule has 0 fully saturated rings. The van der Waals surface area contributed by atoms with E-state index in [1.165, 1.54) is 0 Å². The molecule has 0 aromatic heterocycles. The third-order valence-electron chi connectivity index (χ3n) is 1.36. The van der Waals surface area contributed by atoms with Gasteiger partial charge in [0, 0.05) is 4.47 Å². The third kappa shape index (κ3) is 2.55. The van der Waals surface area contributed by atoms with Gasteiger partial charge in [0.25, 0.3) is 5.91 Å². The van der Waals surface area contributed by atoms with Crippen LogP contribution < -0.4 is 11.1 Å². The summed E-state index contributed by atoms with van der Waals surface area (Å²) in [5.74, 6) is -0.514. The minimum absolute atomic E-state index is 0.376. The van der Waals surface area contributed by atoms with Crippen LogP contribution in [0.3, 0.4) is 0 Å². The molecule has 1 aromatic carbocycles. The van der Waals surface area contributed by atoms with Gasteiger partial charge in [-0.25, -0.2) is 4.79 Å². The number of urea groups is 1. The van der Waals surface area contributed by atoms with Crippen LogP contribution in [0.1, 0.15) is 10.4 Å². The monoisotopic (exact) mass is 242 g/mol. The maximum absolute atomic E-state index is 11.2. The fourth-order valence-corrected chi connectivity index (χ4v) is 1.29. The van der Waals surface area contributed by atoms with Crippen LogP contribution in [-0.2, 0) is 0 Å². The molecule has 0 saturated heterocycles. The van der Waals surface area contributed by atoms with Crippen LogP contribution in [0.25, 0.3) is 0 Å². The summed E-state index contributed by atoms with van der Waals surface area (Å²) >= 11 is 3.17. The number of primary amides is 1. The lowest BCUT2D eigenvalue weighted by atomic mass is 10.2. The number of imide groups is 1. The van der Waals surface area contributed by atoms with Gasteiger partial charge in [0.1, 0.15) is 0 Å². The number of nitrogens with two attached hydrogens (primary N) is 1. The molecular formula is C8H7BrN2O2. The Morgan fingerprint density at radius 3 is 2.46 bits per heavy atom. The second-order valence-corrected chi connectivity index (χ2v) is 3.15. The van der Waals surface area contributed by atoms with Crippen LogP contribution >= 0.6 is 15.9 Å². The van der Waals surface area contributed by atoms with E-state index in [4.69, 9.17) is 5.73 Å². The van der Waals surface area contributed by atoms with E-state index in [-0.39, 0.29) is 0 Å². The Labute approximate surface area is 83.2 Å². The first-order valence-corrected chi connectivity index (χ1v) is 4.26. The van der Waals surface area contributed by atoms with Gasteiger partial charge < -0.3 is 5.73 Å². The summed E-state index contributed by atoms with van der Waals surface area (Å²) < 4.78 is 0.619. The minimum Gasteiger partial charge on any atom is -0.351 e. The van der Waals surface area contributed by atoms with E-state index in [2.05, 4.69) is 15.9 Å². The van der Waals surface area contributed by atoms with Crippen LogP contribution in [0.2, 0.25) is 0 Å². The zero-order valence-electron chi connectivity index (χ0n) is 6.58. The third-order valence-corrected chi connectivity index (χ3v) is 2.05. The lowest BCUT2D eigenvalue weighted by Gasteiger charge is -2.02. The van der Waals surface area contributed by atoms with Gasteiger partial charge in [-0.05, 0) is 28.1 Å². The van der Waals surface area contributed by atoms with Gasteiger partial charge in [-0.2, -0.15) is 0 Å². The van der Waals surface area contributed by atoms with Crippen molar-refractivity contribution in [2.75, 3.05) is 0 Å². The number of amides is 3. The molecule has 0 aliphatic rings. The number of halogens is 1. The van der Waals surface area contributed by atoms with Gasteiger partial charge in [-0.1, -0.05) is 12.1 Å². The zero-order valence-corrected chi connectivity index (χ0v) is 8.17. The summed E-state index contributed by atoms with van der Waals surface area (Å²) in [5.41, 5.74) is 5.17. The summed E-state index contributed by atoms with van der Waals surface area (Å²) in [6, 6.07) is 5.89. The molecule has 1 rings (SSSR count). The predicted molar refractivity (Wildman–Crippen MR) is 51.2 cm³/mol. The summed E-state index contributed by atoms with van der Waals surface area (Å²) in [6.45, 7) is 0. The maximum atomic E-state index is 11.2. The Kier molecular flexibility index (Phi) is 3.02. The normalized spacial score (nSPS) is 9.31. The number of hydrogen-bond acceptors (Lipinski definition) is 2. The van der Waals surface area contributed by atoms with Gasteiger partial charge in [0.2, 0.25) is 0 Å². The Hall–Kier alpha value is -1.36. The molecule has 3 amide bonds.